The number of benzene rings is 2. The zero-order valence-corrected chi connectivity index (χ0v) is 21.6. The third kappa shape index (κ3) is 4.47. The third-order valence-electron chi connectivity index (χ3n) is 5.74. The number of amides is 1. The minimum absolute atomic E-state index is 0.0987. The minimum atomic E-state index is -0.995. The molecule has 2 aromatic carbocycles. The van der Waals surface area contributed by atoms with Gasteiger partial charge in [-0.2, -0.15) is 0 Å². The zero-order valence-electron chi connectivity index (χ0n) is 20.0. The van der Waals surface area contributed by atoms with Gasteiger partial charge in [-0.05, 0) is 62.2 Å². The SMILES string of the molecule is CCOc1ccc(C(O)=C2C(=O)C(=O)N(c3nc(C)c(C(=O)OC)s3)C2c2ccc(Cl)cc2)cc1C. The smallest absolute Gasteiger partial charge is 0.350 e. The number of carbonyl (C=O) groups is 3. The van der Waals surface area contributed by atoms with Gasteiger partial charge in [0, 0.05) is 10.6 Å². The molecule has 1 saturated heterocycles. The fourth-order valence-corrected chi connectivity index (χ4v) is 5.17. The Kier molecular flexibility index (Phi) is 7.14. The summed E-state index contributed by atoms with van der Waals surface area (Å²) in [6.07, 6.45) is 0. The second-order valence-electron chi connectivity index (χ2n) is 8.04. The molecule has 1 atom stereocenters. The Hall–Kier alpha value is -3.69. The van der Waals surface area contributed by atoms with E-state index in [2.05, 4.69) is 4.98 Å². The van der Waals surface area contributed by atoms with Gasteiger partial charge in [-0.1, -0.05) is 35.1 Å². The van der Waals surface area contributed by atoms with E-state index in [0.29, 0.717) is 34.2 Å². The summed E-state index contributed by atoms with van der Waals surface area (Å²) in [6.45, 7) is 5.79. The van der Waals surface area contributed by atoms with Crippen LogP contribution in [0.25, 0.3) is 5.76 Å². The number of nitrogens with zero attached hydrogens (tertiary/aromatic N) is 2. The fourth-order valence-electron chi connectivity index (χ4n) is 4.03. The highest BCUT2D eigenvalue weighted by Gasteiger charge is 2.48. The lowest BCUT2D eigenvalue weighted by Gasteiger charge is -2.23. The number of aryl methyl sites for hydroxylation is 2. The van der Waals surface area contributed by atoms with E-state index < -0.39 is 23.7 Å². The third-order valence-corrected chi connectivity index (χ3v) is 7.13. The lowest BCUT2D eigenvalue weighted by Crippen LogP contribution is -2.29. The molecule has 1 aromatic heterocycles. The van der Waals surface area contributed by atoms with Crippen LogP contribution in [0.2, 0.25) is 5.02 Å². The standard InChI is InChI=1S/C26H23ClN2O6S/c1-5-35-18-11-8-16(12-13(18)2)21(30)19-20(15-6-9-17(27)10-7-15)29(24(32)22(19)31)26-28-14(3)23(36-26)25(33)34-4/h6-12,20,30H,5H2,1-4H3. The lowest BCUT2D eigenvalue weighted by molar-refractivity contribution is -0.132. The van der Waals surface area contributed by atoms with Crippen LogP contribution in [0.4, 0.5) is 5.13 Å². The number of aromatic nitrogens is 1. The first kappa shape index (κ1) is 25.4. The van der Waals surface area contributed by atoms with Crippen molar-refractivity contribution in [1.29, 1.82) is 0 Å². The van der Waals surface area contributed by atoms with Gasteiger partial charge in [0.2, 0.25) is 0 Å². The van der Waals surface area contributed by atoms with E-state index >= 15 is 0 Å². The summed E-state index contributed by atoms with van der Waals surface area (Å²) < 4.78 is 10.4. The predicted molar refractivity (Wildman–Crippen MR) is 137 cm³/mol. The fraction of sp³-hybridized carbons (Fsp3) is 0.231. The molecule has 0 aliphatic carbocycles. The average Bonchev–Trinajstić information content (AvgIpc) is 3.36. The van der Waals surface area contributed by atoms with Crippen LogP contribution in [0.3, 0.4) is 0 Å². The first-order valence-electron chi connectivity index (χ1n) is 11.0. The van der Waals surface area contributed by atoms with Gasteiger partial charge in [-0.15, -0.1) is 0 Å². The van der Waals surface area contributed by atoms with Gasteiger partial charge in [0.05, 0.1) is 31.0 Å². The van der Waals surface area contributed by atoms with Gasteiger partial charge >= 0.3 is 11.9 Å². The largest absolute Gasteiger partial charge is 0.507 e. The summed E-state index contributed by atoms with van der Waals surface area (Å²) >= 11 is 7.01. The maximum absolute atomic E-state index is 13.3. The van der Waals surface area contributed by atoms with E-state index in [9.17, 15) is 19.5 Å². The van der Waals surface area contributed by atoms with E-state index in [0.717, 1.165) is 16.9 Å². The molecule has 1 aliphatic heterocycles. The van der Waals surface area contributed by atoms with Gasteiger partial charge in [0.15, 0.2) is 5.13 Å². The van der Waals surface area contributed by atoms with Crippen molar-refractivity contribution in [2.75, 3.05) is 18.6 Å². The highest BCUT2D eigenvalue weighted by atomic mass is 35.5. The van der Waals surface area contributed by atoms with Crippen LogP contribution in [0, 0.1) is 13.8 Å². The van der Waals surface area contributed by atoms with Crippen molar-refractivity contribution in [2.45, 2.75) is 26.8 Å². The lowest BCUT2D eigenvalue weighted by atomic mass is 9.95. The summed E-state index contributed by atoms with van der Waals surface area (Å²) in [4.78, 5) is 44.6. The van der Waals surface area contributed by atoms with E-state index in [-0.39, 0.29) is 21.3 Å². The quantitative estimate of drug-likeness (QED) is 0.203. The Morgan fingerprint density at radius 2 is 1.86 bits per heavy atom. The molecule has 36 heavy (non-hydrogen) atoms. The van der Waals surface area contributed by atoms with Crippen LogP contribution in [0.15, 0.2) is 48.0 Å². The molecule has 186 valence electrons. The molecular formula is C26H23ClN2O6S. The van der Waals surface area contributed by atoms with Crippen molar-refractivity contribution in [3.05, 3.63) is 80.3 Å². The minimum Gasteiger partial charge on any atom is -0.507 e. The van der Waals surface area contributed by atoms with Gasteiger partial charge in [0.1, 0.15) is 16.4 Å². The Morgan fingerprint density at radius 3 is 2.47 bits per heavy atom. The molecule has 8 nitrogen and oxygen atoms in total. The van der Waals surface area contributed by atoms with E-state index in [1.165, 1.54) is 12.0 Å². The summed E-state index contributed by atoms with van der Waals surface area (Å²) in [7, 11) is 1.25. The number of Topliss-reactive ketones (excluding diaryl/α,β-unsaturated/α-hetero) is 1. The van der Waals surface area contributed by atoms with Crippen LogP contribution in [0.5, 0.6) is 5.75 Å². The monoisotopic (exact) mass is 526 g/mol. The molecule has 1 fully saturated rings. The average molecular weight is 527 g/mol. The summed E-state index contributed by atoms with van der Waals surface area (Å²) in [5.74, 6) is -2.02. The molecule has 0 spiro atoms. The molecule has 2 heterocycles. The van der Waals surface area contributed by atoms with Gasteiger partial charge in [0.25, 0.3) is 5.78 Å². The topological polar surface area (TPSA) is 106 Å². The van der Waals surface area contributed by atoms with Crippen molar-refractivity contribution in [3.8, 4) is 5.75 Å². The van der Waals surface area contributed by atoms with Crippen LogP contribution in [-0.2, 0) is 14.3 Å². The van der Waals surface area contributed by atoms with E-state index in [1.54, 1.807) is 49.4 Å². The van der Waals surface area contributed by atoms with Crippen LogP contribution < -0.4 is 9.64 Å². The van der Waals surface area contributed by atoms with Crippen molar-refractivity contribution < 1.29 is 29.0 Å². The van der Waals surface area contributed by atoms with Crippen molar-refractivity contribution in [2.24, 2.45) is 0 Å². The molecule has 1 aliphatic rings. The predicted octanol–water partition coefficient (Wildman–Crippen LogP) is 5.22. The van der Waals surface area contributed by atoms with Crippen LogP contribution in [0.1, 0.15) is 45.0 Å². The number of thiazole rings is 1. The second kappa shape index (κ2) is 10.1. The molecule has 4 rings (SSSR count). The number of rotatable bonds is 6. The van der Waals surface area contributed by atoms with E-state index in [4.69, 9.17) is 21.1 Å². The number of anilines is 1. The first-order chi connectivity index (χ1) is 17.2. The van der Waals surface area contributed by atoms with Crippen molar-refractivity contribution >= 4 is 51.5 Å². The maximum Gasteiger partial charge on any atom is 0.350 e. The Bertz CT molecular complexity index is 1400. The maximum atomic E-state index is 13.3. The number of aliphatic hydroxyl groups excluding tert-OH is 1. The zero-order chi connectivity index (χ0) is 26.1. The second-order valence-corrected chi connectivity index (χ2v) is 9.45. The summed E-state index contributed by atoms with van der Waals surface area (Å²) in [5, 5.41) is 11.9. The molecule has 0 bridgehead atoms. The number of ketones is 1. The number of hydrogen-bond donors (Lipinski definition) is 1. The number of methoxy groups -OCH3 is 1. The summed E-state index contributed by atoms with van der Waals surface area (Å²) in [6, 6.07) is 10.6. The Balaban J connectivity index is 1.91. The molecule has 0 radical (unpaired) electrons. The summed E-state index contributed by atoms with van der Waals surface area (Å²) in [5.41, 5.74) is 1.92. The highest BCUT2D eigenvalue weighted by molar-refractivity contribution is 7.17. The van der Waals surface area contributed by atoms with E-state index in [1.807, 2.05) is 13.8 Å². The molecule has 3 aromatic rings. The number of halogens is 1. The van der Waals surface area contributed by atoms with Gasteiger partial charge < -0.3 is 14.6 Å². The Labute approximate surface area is 216 Å². The van der Waals surface area contributed by atoms with Gasteiger partial charge in [-0.25, -0.2) is 9.78 Å². The highest BCUT2D eigenvalue weighted by Crippen LogP contribution is 2.44. The molecular weight excluding hydrogens is 504 g/mol. The number of esters is 1. The normalized spacial score (nSPS) is 16.9. The molecule has 1 unspecified atom stereocenters. The van der Waals surface area contributed by atoms with Crippen LogP contribution in [-0.4, -0.2) is 41.5 Å². The number of ether oxygens (including phenoxy) is 2. The molecule has 1 amide bonds. The van der Waals surface area contributed by atoms with Crippen LogP contribution >= 0.6 is 22.9 Å². The van der Waals surface area contributed by atoms with Crippen molar-refractivity contribution in [1.82, 2.24) is 4.98 Å². The Morgan fingerprint density at radius 1 is 1.17 bits per heavy atom. The molecule has 10 heteroatoms. The first-order valence-corrected chi connectivity index (χ1v) is 12.2. The molecule has 1 N–H and O–H groups in total. The molecule has 0 saturated carbocycles. The number of hydrogen-bond acceptors (Lipinski definition) is 8. The number of aliphatic hydroxyl groups is 1. The van der Waals surface area contributed by atoms with Gasteiger partial charge in [-0.3, -0.25) is 14.5 Å². The number of carbonyl (C=O) groups excluding carboxylic acids is 3. The van der Waals surface area contributed by atoms with Crippen molar-refractivity contribution in [3.63, 3.8) is 0 Å².